The number of rotatable bonds is 8. The number of hydrogen-bond acceptors (Lipinski definition) is 7. The van der Waals surface area contributed by atoms with Crippen molar-refractivity contribution < 1.29 is 24.1 Å². The predicted molar refractivity (Wildman–Crippen MR) is 119 cm³/mol. The minimum atomic E-state index is -1.22. The Morgan fingerprint density at radius 2 is 1.97 bits per heavy atom. The number of aromatic nitrogens is 1. The summed E-state index contributed by atoms with van der Waals surface area (Å²) in [6.07, 6.45) is 3.18. The maximum atomic E-state index is 15.1. The summed E-state index contributed by atoms with van der Waals surface area (Å²) in [5.41, 5.74) is 0.286. The summed E-state index contributed by atoms with van der Waals surface area (Å²) in [4.78, 5) is 29.9. The molecule has 9 heteroatoms. The highest BCUT2D eigenvalue weighted by molar-refractivity contribution is 5.94. The molecule has 0 spiro atoms. The van der Waals surface area contributed by atoms with Crippen molar-refractivity contribution in [3.05, 3.63) is 39.9 Å². The third kappa shape index (κ3) is 4.65. The van der Waals surface area contributed by atoms with Gasteiger partial charge in [-0.1, -0.05) is 6.92 Å². The van der Waals surface area contributed by atoms with E-state index in [9.17, 15) is 14.7 Å². The first-order chi connectivity index (χ1) is 15.4. The average molecular weight is 448 g/mol. The van der Waals surface area contributed by atoms with Gasteiger partial charge >= 0.3 is 5.97 Å². The van der Waals surface area contributed by atoms with E-state index in [1.807, 2.05) is 9.47 Å². The van der Waals surface area contributed by atoms with Gasteiger partial charge in [0, 0.05) is 43.8 Å². The summed E-state index contributed by atoms with van der Waals surface area (Å²) in [6, 6.07) is 3.10. The maximum absolute atomic E-state index is 15.1. The monoisotopic (exact) mass is 447 g/mol. The van der Waals surface area contributed by atoms with Gasteiger partial charge in [0.15, 0.2) is 0 Å². The number of esters is 1. The van der Waals surface area contributed by atoms with Crippen LogP contribution in [0.25, 0.3) is 10.9 Å². The van der Waals surface area contributed by atoms with E-state index in [4.69, 9.17) is 9.84 Å². The number of halogens is 1. The van der Waals surface area contributed by atoms with Crippen LogP contribution in [0.4, 0.5) is 10.1 Å². The van der Waals surface area contributed by atoms with E-state index in [1.54, 1.807) is 6.07 Å². The van der Waals surface area contributed by atoms with E-state index < -0.39 is 36.5 Å². The zero-order chi connectivity index (χ0) is 22.8. The largest absolute Gasteiger partial charge is 0.459 e. The second-order valence-corrected chi connectivity index (χ2v) is 8.59. The molecule has 2 N–H and O–H groups in total. The molecule has 0 amide bonds. The molecule has 174 valence electrons. The number of fused-ring (bicyclic) bond motifs is 1. The number of aliphatic hydroxyl groups is 2. The third-order valence-corrected chi connectivity index (χ3v) is 6.13. The minimum Gasteiger partial charge on any atom is -0.459 e. The van der Waals surface area contributed by atoms with Crippen molar-refractivity contribution >= 4 is 22.6 Å². The molecule has 1 atom stereocenters. The molecule has 0 radical (unpaired) electrons. The van der Waals surface area contributed by atoms with Crippen molar-refractivity contribution in [1.29, 1.82) is 0 Å². The smallest absolute Gasteiger partial charge is 0.343 e. The molecule has 32 heavy (non-hydrogen) atoms. The number of anilines is 1. The van der Waals surface area contributed by atoms with Crippen LogP contribution in [0.15, 0.2) is 23.1 Å². The van der Waals surface area contributed by atoms with Gasteiger partial charge in [-0.05, 0) is 37.9 Å². The topological polar surface area (TPSA) is 95.2 Å². The van der Waals surface area contributed by atoms with Gasteiger partial charge in [0.25, 0.3) is 0 Å². The minimum absolute atomic E-state index is 0.139. The van der Waals surface area contributed by atoms with Crippen molar-refractivity contribution in [2.24, 2.45) is 0 Å². The summed E-state index contributed by atoms with van der Waals surface area (Å²) >= 11 is 0. The van der Waals surface area contributed by atoms with Crippen LogP contribution >= 0.6 is 0 Å². The molecule has 1 saturated heterocycles. The normalized spacial score (nSPS) is 18.2. The number of carbonyl (C=O) groups is 1. The van der Waals surface area contributed by atoms with Gasteiger partial charge in [0.2, 0.25) is 5.43 Å². The molecule has 1 aromatic carbocycles. The Morgan fingerprint density at radius 3 is 2.59 bits per heavy atom. The van der Waals surface area contributed by atoms with Crippen LogP contribution in [0, 0.1) is 5.82 Å². The van der Waals surface area contributed by atoms with E-state index in [0.29, 0.717) is 24.3 Å². The van der Waals surface area contributed by atoms with E-state index in [-0.39, 0.29) is 17.0 Å². The summed E-state index contributed by atoms with van der Waals surface area (Å²) in [7, 11) is 0. The Kier molecular flexibility index (Phi) is 6.78. The molecule has 1 saturated carbocycles. The molecule has 1 aliphatic carbocycles. The Labute approximate surface area is 185 Å². The number of ether oxygens (including phenoxy) is 1. The van der Waals surface area contributed by atoms with E-state index in [2.05, 4.69) is 11.8 Å². The predicted octanol–water partition coefficient (Wildman–Crippen LogP) is 1.52. The standard InChI is InChI=1S/C23H30FN3O5/c1-2-5-25-6-8-26(9-7-25)21-11-20-17(10-19(21)24)22(30)18(12-27(20)15-3-4-15)23(31)32-14-16(29)13-28/h10-12,15-16,28-29H,2-9,13-14H2,1H3. The van der Waals surface area contributed by atoms with E-state index in [1.165, 1.54) is 12.3 Å². The lowest BCUT2D eigenvalue weighted by atomic mass is 10.1. The van der Waals surface area contributed by atoms with Crippen LogP contribution in [-0.2, 0) is 4.74 Å². The molecular weight excluding hydrogens is 417 g/mol. The van der Waals surface area contributed by atoms with Gasteiger partial charge < -0.3 is 24.4 Å². The molecule has 4 rings (SSSR count). The van der Waals surface area contributed by atoms with Crippen LogP contribution in [0.1, 0.15) is 42.6 Å². The second kappa shape index (κ2) is 9.56. The number of pyridine rings is 1. The summed E-state index contributed by atoms with van der Waals surface area (Å²) in [6.45, 7) is 5.36. The van der Waals surface area contributed by atoms with Crippen molar-refractivity contribution in [3.8, 4) is 0 Å². The number of hydrogen-bond donors (Lipinski definition) is 2. The third-order valence-electron chi connectivity index (χ3n) is 6.13. The zero-order valence-corrected chi connectivity index (χ0v) is 18.3. The molecule has 1 unspecified atom stereocenters. The fraction of sp³-hybridized carbons (Fsp3) is 0.565. The number of carbonyl (C=O) groups excluding carboxylic acids is 1. The van der Waals surface area contributed by atoms with Crippen molar-refractivity contribution in [1.82, 2.24) is 9.47 Å². The van der Waals surface area contributed by atoms with Gasteiger partial charge in [0.05, 0.1) is 17.8 Å². The van der Waals surface area contributed by atoms with Gasteiger partial charge in [-0.3, -0.25) is 9.69 Å². The molecule has 8 nitrogen and oxygen atoms in total. The summed E-state index contributed by atoms with van der Waals surface area (Å²) in [5.74, 6) is -1.38. The van der Waals surface area contributed by atoms with Crippen molar-refractivity contribution in [2.45, 2.75) is 38.3 Å². The lowest BCUT2D eigenvalue weighted by molar-refractivity contribution is 0.00919. The van der Waals surface area contributed by atoms with Crippen LogP contribution in [0.2, 0.25) is 0 Å². The lowest BCUT2D eigenvalue weighted by Crippen LogP contribution is -2.46. The van der Waals surface area contributed by atoms with Crippen molar-refractivity contribution in [2.75, 3.05) is 50.8 Å². The lowest BCUT2D eigenvalue weighted by Gasteiger charge is -2.36. The highest BCUT2D eigenvalue weighted by atomic mass is 19.1. The fourth-order valence-corrected chi connectivity index (χ4v) is 4.23. The van der Waals surface area contributed by atoms with Crippen LogP contribution in [0.5, 0.6) is 0 Å². The van der Waals surface area contributed by atoms with Gasteiger partial charge in [-0.2, -0.15) is 0 Å². The van der Waals surface area contributed by atoms with E-state index >= 15 is 4.39 Å². The molecule has 2 aromatic rings. The van der Waals surface area contributed by atoms with Crippen molar-refractivity contribution in [3.63, 3.8) is 0 Å². The van der Waals surface area contributed by atoms with Gasteiger partial charge in [-0.25, -0.2) is 9.18 Å². The molecule has 0 bridgehead atoms. The molecular formula is C23H30FN3O5. The first-order valence-electron chi connectivity index (χ1n) is 11.2. The molecule has 2 aliphatic rings. The molecule has 1 aromatic heterocycles. The van der Waals surface area contributed by atoms with Gasteiger partial charge in [0.1, 0.15) is 24.1 Å². The Bertz CT molecular complexity index is 1040. The quantitative estimate of drug-likeness (QED) is 0.593. The fourth-order valence-electron chi connectivity index (χ4n) is 4.23. The number of piperazine rings is 1. The summed E-state index contributed by atoms with van der Waals surface area (Å²) in [5, 5.41) is 18.4. The van der Waals surface area contributed by atoms with Crippen LogP contribution in [-0.4, -0.2) is 77.7 Å². The SMILES string of the molecule is CCCN1CCN(c2cc3c(cc2F)c(=O)c(C(=O)OCC(O)CO)cn3C2CC2)CC1. The molecule has 1 aliphatic heterocycles. The summed E-state index contributed by atoms with van der Waals surface area (Å²) < 4.78 is 22.0. The Hall–Kier alpha value is -2.49. The maximum Gasteiger partial charge on any atom is 0.343 e. The second-order valence-electron chi connectivity index (χ2n) is 8.59. The van der Waals surface area contributed by atoms with Crippen LogP contribution < -0.4 is 10.3 Å². The average Bonchev–Trinajstić information content (AvgIpc) is 3.63. The Balaban J connectivity index is 1.68. The highest BCUT2D eigenvalue weighted by Crippen LogP contribution is 2.38. The zero-order valence-electron chi connectivity index (χ0n) is 18.3. The van der Waals surface area contributed by atoms with Crippen LogP contribution in [0.3, 0.4) is 0 Å². The number of aliphatic hydroxyl groups excluding tert-OH is 2. The molecule has 2 heterocycles. The van der Waals surface area contributed by atoms with Gasteiger partial charge in [-0.15, -0.1) is 0 Å². The first kappa shape index (κ1) is 22.7. The highest BCUT2D eigenvalue weighted by Gasteiger charge is 2.29. The number of benzene rings is 1. The first-order valence-corrected chi connectivity index (χ1v) is 11.2. The Morgan fingerprint density at radius 1 is 1.25 bits per heavy atom. The molecule has 2 fully saturated rings. The number of nitrogens with zero attached hydrogens (tertiary/aromatic N) is 3. The van der Waals surface area contributed by atoms with E-state index in [0.717, 1.165) is 38.9 Å².